The number of pyridine rings is 1. The number of unbranched alkanes of at least 4 members (excludes halogenated alkanes) is 1. The molecule has 0 atom stereocenters. The number of hydrogen-bond donors (Lipinski definition) is 1. The second-order valence-electron chi connectivity index (χ2n) is 9.34. The highest BCUT2D eigenvalue weighted by molar-refractivity contribution is 8.26. The Hall–Kier alpha value is -2.89. The van der Waals surface area contributed by atoms with Crippen molar-refractivity contribution in [3.05, 3.63) is 67.8 Å². The zero-order valence-corrected chi connectivity index (χ0v) is 22.5. The van der Waals surface area contributed by atoms with Gasteiger partial charge in [0, 0.05) is 24.7 Å². The Kier molecular flexibility index (Phi) is 8.65. The van der Waals surface area contributed by atoms with Crippen molar-refractivity contribution in [1.82, 2.24) is 9.47 Å². The van der Waals surface area contributed by atoms with E-state index >= 15 is 0 Å². The van der Waals surface area contributed by atoms with Crippen LogP contribution in [0.1, 0.15) is 67.7 Å². The molecular weight excluding hydrogens is 488 g/mol. The summed E-state index contributed by atoms with van der Waals surface area (Å²) in [5, 5.41) is 13.3. The first kappa shape index (κ1) is 26.2. The van der Waals surface area contributed by atoms with Gasteiger partial charge in [0.15, 0.2) is 0 Å². The molecule has 1 aliphatic carbocycles. The third-order valence-electron chi connectivity index (χ3n) is 6.95. The number of thiocarbonyl (C=S) groups is 1. The molecule has 188 valence electrons. The summed E-state index contributed by atoms with van der Waals surface area (Å²) in [5.74, 6) is 0.586. The minimum absolute atomic E-state index is 0.0728. The number of nitrogens with zero attached hydrogens (tertiary/aromatic N) is 3. The summed E-state index contributed by atoms with van der Waals surface area (Å²) in [6, 6.07) is 12.4. The Morgan fingerprint density at radius 1 is 1.22 bits per heavy atom. The highest BCUT2D eigenvalue weighted by Crippen LogP contribution is 2.39. The first-order valence-electron chi connectivity index (χ1n) is 12.7. The van der Waals surface area contributed by atoms with Gasteiger partial charge in [0.05, 0.1) is 4.91 Å². The van der Waals surface area contributed by atoms with Crippen LogP contribution < -0.4 is 10.9 Å². The van der Waals surface area contributed by atoms with Crippen molar-refractivity contribution < 1.29 is 4.79 Å². The number of carbonyl (C=O) groups excluding carboxylic acids is 1. The van der Waals surface area contributed by atoms with Crippen molar-refractivity contribution in [2.75, 3.05) is 11.9 Å². The largest absolute Gasteiger partial charge is 0.371 e. The summed E-state index contributed by atoms with van der Waals surface area (Å²) < 4.78 is 2.26. The van der Waals surface area contributed by atoms with Crippen LogP contribution in [0.4, 0.5) is 5.82 Å². The fourth-order valence-electron chi connectivity index (χ4n) is 4.94. The molecule has 8 heteroatoms. The summed E-state index contributed by atoms with van der Waals surface area (Å²) in [4.78, 5) is 29.0. The SMILES string of the molecule is CCCCn1c(NCCc2ccccc2)c(/C=C2/SC(=S)N(C3CCCC3)C2=O)c(C)c(C#N)c1=O. The van der Waals surface area contributed by atoms with E-state index in [9.17, 15) is 14.9 Å². The Bertz CT molecular complexity index is 1270. The maximum atomic E-state index is 13.4. The van der Waals surface area contributed by atoms with Gasteiger partial charge in [-0.05, 0) is 49.8 Å². The Morgan fingerprint density at radius 3 is 2.61 bits per heavy atom. The molecule has 1 aromatic heterocycles. The maximum Gasteiger partial charge on any atom is 0.270 e. The molecule has 2 heterocycles. The predicted molar refractivity (Wildman–Crippen MR) is 151 cm³/mol. The first-order valence-corrected chi connectivity index (χ1v) is 13.9. The molecule has 2 aliphatic rings. The van der Waals surface area contributed by atoms with Crippen molar-refractivity contribution >= 4 is 46.1 Å². The smallest absolute Gasteiger partial charge is 0.270 e. The van der Waals surface area contributed by atoms with Gasteiger partial charge in [0.1, 0.15) is 21.8 Å². The Morgan fingerprint density at radius 2 is 1.94 bits per heavy atom. The zero-order valence-electron chi connectivity index (χ0n) is 20.9. The summed E-state index contributed by atoms with van der Waals surface area (Å²) in [5.41, 5.74) is 2.32. The molecule has 1 saturated carbocycles. The number of amides is 1. The number of hydrogen-bond acceptors (Lipinski definition) is 6. The number of aromatic nitrogens is 1. The zero-order chi connectivity index (χ0) is 25.7. The van der Waals surface area contributed by atoms with Crippen LogP contribution in [0.2, 0.25) is 0 Å². The van der Waals surface area contributed by atoms with Crippen LogP contribution in [-0.4, -0.2) is 32.3 Å². The molecule has 1 saturated heterocycles. The predicted octanol–water partition coefficient (Wildman–Crippen LogP) is 5.63. The minimum Gasteiger partial charge on any atom is -0.371 e. The van der Waals surface area contributed by atoms with E-state index in [1.807, 2.05) is 24.3 Å². The average Bonchev–Trinajstić information content (AvgIpc) is 3.49. The van der Waals surface area contributed by atoms with E-state index < -0.39 is 0 Å². The molecule has 0 spiro atoms. The van der Waals surface area contributed by atoms with Gasteiger partial charge in [-0.2, -0.15) is 5.26 Å². The molecule has 36 heavy (non-hydrogen) atoms. The van der Waals surface area contributed by atoms with E-state index in [1.165, 1.54) is 17.3 Å². The molecule has 0 radical (unpaired) electrons. The van der Waals surface area contributed by atoms with Crippen molar-refractivity contribution in [1.29, 1.82) is 5.26 Å². The van der Waals surface area contributed by atoms with Crippen LogP contribution in [0.3, 0.4) is 0 Å². The minimum atomic E-state index is -0.290. The van der Waals surface area contributed by atoms with E-state index in [-0.39, 0.29) is 23.1 Å². The van der Waals surface area contributed by atoms with Crippen LogP contribution in [0.15, 0.2) is 40.0 Å². The standard InChI is InChI=1S/C28H32N4O2S2/c1-3-4-16-31-25(30-15-14-20-10-6-5-7-11-20)22(19(2)23(18-29)26(31)33)17-24-27(34)32(28(35)36-24)21-12-8-9-13-21/h5-7,10-11,17,21,30H,3-4,8-9,12-16H2,1-2H3/b24-17+. The maximum absolute atomic E-state index is 13.4. The Labute approximate surface area is 222 Å². The highest BCUT2D eigenvalue weighted by atomic mass is 32.2. The molecule has 6 nitrogen and oxygen atoms in total. The van der Waals surface area contributed by atoms with E-state index in [1.54, 1.807) is 16.4 Å². The van der Waals surface area contributed by atoms with Crippen LogP contribution >= 0.6 is 24.0 Å². The first-order chi connectivity index (χ1) is 17.5. The molecular formula is C28H32N4O2S2. The third-order valence-corrected chi connectivity index (χ3v) is 8.28. The number of thioether (sulfide) groups is 1. The molecule has 0 unspecified atom stereocenters. The summed E-state index contributed by atoms with van der Waals surface area (Å²) in [6.45, 7) is 4.98. The monoisotopic (exact) mass is 520 g/mol. The number of anilines is 1. The lowest BCUT2D eigenvalue weighted by molar-refractivity contribution is -0.123. The highest BCUT2D eigenvalue weighted by Gasteiger charge is 2.38. The van der Waals surface area contributed by atoms with Crippen molar-refractivity contribution in [2.24, 2.45) is 0 Å². The quantitative estimate of drug-likeness (QED) is 0.341. The summed E-state index contributed by atoms with van der Waals surface area (Å²) in [7, 11) is 0. The molecule has 0 bridgehead atoms. The second-order valence-corrected chi connectivity index (χ2v) is 11.0. The number of benzene rings is 1. The van der Waals surface area contributed by atoms with E-state index in [4.69, 9.17) is 12.2 Å². The van der Waals surface area contributed by atoms with Crippen LogP contribution in [-0.2, 0) is 17.8 Å². The molecule has 4 rings (SSSR count). The number of rotatable bonds is 9. The van der Waals surface area contributed by atoms with Crippen molar-refractivity contribution in [2.45, 2.75) is 71.4 Å². The van der Waals surface area contributed by atoms with Crippen molar-refractivity contribution in [3.63, 3.8) is 0 Å². The van der Waals surface area contributed by atoms with Gasteiger partial charge in [0.25, 0.3) is 11.5 Å². The third kappa shape index (κ3) is 5.42. The van der Waals surface area contributed by atoms with E-state index in [2.05, 4.69) is 30.4 Å². The number of carbonyl (C=O) groups is 1. The lowest BCUT2D eigenvalue weighted by Crippen LogP contribution is -2.36. The van der Waals surface area contributed by atoms with E-state index in [0.717, 1.165) is 44.9 Å². The molecule has 1 aliphatic heterocycles. The van der Waals surface area contributed by atoms with Crippen LogP contribution in [0, 0.1) is 18.3 Å². The van der Waals surface area contributed by atoms with Gasteiger partial charge in [0.2, 0.25) is 0 Å². The lowest BCUT2D eigenvalue weighted by Gasteiger charge is -2.22. The normalized spacial score (nSPS) is 17.2. The van der Waals surface area contributed by atoms with Crippen molar-refractivity contribution in [3.8, 4) is 6.07 Å². The van der Waals surface area contributed by atoms with Gasteiger partial charge in [-0.15, -0.1) is 0 Å². The fourth-order valence-corrected chi connectivity index (χ4v) is 6.32. The van der Waals surface area contributed by atoms with Crippen LogP contribution in [0.25, 0.3) is 6.08 Å². The fraction of sp³-hybridized carbons (Fsp3) is 0.429. The van der Waals surface area contributed by atoms with Gasteiger partial charge in [-0.3, -0.25) is 19.1 Å². The molecule has 1 aromatic carbocycles. The van der Waals surface area contributed by atoms with E-state index in [0.29, 0.717) is 39.3 Å². The number of nitriles is 1. The lowest BCUT2D eigenvalue weighted by atomic mass is 10.0. The average molecular weight is 521 g/mol. The van der Waals surface area contributed by atoms with Gasteiger partial charge in [-0.25, -0.2) is 0 Å². The van der Waals surface area contributed by atoms with Crippen LogP contribution in [0.5, 0.6) is 0 Å². The molecule has 2 fully saturated rings. The summed E-state index contributed by atoms with van der Waals surface area (Å²) >= 11 is 6.91. The molecule has 1 amide bonds. The second kappa shape index (κ2) is 11.9. The van der Waals surface area contributed by atoms with Gasteiger partial charge >= 0.3 is 0 Å². The van der Waals surface area contributed by atoms with Gasteiger partial charge in [-0.1, -0.05) is 80.5 Å². The van der Waals surface area contributed by atoms with Gasteiger partial charge < -0.3 is 5.32 Å². The topological polar surface area (TPSA) is 78.1 Å². The molecule has 2 aromatic rings. The Balaban J connectivity index is 1.75. The summed E-state index contributed by atoms with van der Waals surface area (Å²) in [6.07, 6.45) is 8.53. The number of nitrogens with one attached hydrogen (secondary N) is 1. The molecule has 1 N–H and O–H groups in total.